The average Bonchev–Trinajstić information content (AvgIpc) is 2.29. The van der Waals surface area contributed by atoms with Crippen LogP contribution in [0.1, 0.15) is 31.9 Å². The van der Waals surface area contributed by atoms with Crippen LogP contribution in [0.2, 0.25) is 0 Å². The van der Waals surface area contributed by atoms with E-state index in [4.69, 9.17) is 9.47 Å². The molecule has 4 heteroatoms. The molecular formula is C15H23NO3. The Hall–Kier alpha value is -1.55. The van der Waals surface area contributed by atoms with Crippen molar-refractivity contribution >= 4 is 11.6 Å². The largest absolute Gasteiger partial charge is 0.467 e. The molecule has 1 aromatic carbocycles. The van der Waals surface area contributed by atoms with Crippen molar-refractivity contribution in [3.05, 3.63) is 23.3 Å². The van der Waals surface area contributed by atoms with Gasteiger partial charge in [0, 0.05) is 24.3 Å². The van der Waals surface area contributed by atoms with Gasteiger partial charge in [-0.1, -0.05) is 26.8 Å². The van der Waals surface area contributed by atoms with Crippen molar-refractivity contribution in [3.63, 3.8) is 0 Å². The number of hydrogen-bond donors (Lipinski definition) is 1. The third-order valence-electron chi connectivity index (χ3n) is 2.78. The summed E-state index contributed by atoms with van der Waals surface area (Å²) < 4.78 is 10.4. The van der Waals surface area contributed by atoms with Crippen molar-refractivity contribution in [2.45, 2.75) is 34.6 Å². The molecule has 1 amide bonds. The van der Waals surface area contributed by atoms with Gasteiger partial charge < -0.3 is 14.8 Å². The SMILES string of the molecule is COCOc1cc(NC(=O)C(C)(C)C)c(C)cc1C. The van der Waals surface area contributed by atoms with Crippen LogP contribution in [-0.4, -0.2) is 19.8 Å². The maximum absolute atomic E-state index is 12.0. The molecule has 1 rings (SSSR count). The van der Waals surface area contributed by atoms with Crippen LogP contribution in [-0.2, 0) is 9.53 Å². The molecule has 0 aromatic heterocycles. The third kappa shape index (κ3) is 4.24. The predicted molar refractivity (Wildman–Crippen MR) is 76.5 cm³/mol. The minimum atomic E-state index is -0.426. The summed E-state index contributed by atoms with van der Waals surface area (Å²) in [6, 6.07) is 3.83. The molecule has 0 bridgehead atoms. The number of aryl methyl sites for hydroxylation is 2. The zero-order chi connectivity index (χ0) is 14.6. The molecule has 1 aromatic rings. The van der Waals surface area contributed by atoms with E-state index >= 15 is 0 Å². The molecule has 19 heavy (non-hydrogen) atoms. The van der Waals surface area contributed by atoms with E-state index in [2.05, 4.69) is 5.32 Å². The first kappa shape index (κ1) is 15.5. The lowest BCUT2D eigenvalue weighted by atomic mass is 9.95. The Morgan fingerprint density at radius 3 is 2.37 bits per heavy atom. The fraction of sp³-hybridized carbons (Fsp3) is 0.533. The maximum Gasteiger partial charge on any atom is 0.229 e. The molecular weight excluding hydrogens is 242 g/mol. The monoisotopic (exact) mass is 265 g/mol. The third-order valence-corrected chi connectivity index (χ3v) is 2.78. The van der Waals surface area contributed by atoms with Crippen molar-refractivity contribution in [1.82, 2.24) is 0 Å². The van der Waals surface area contributed by atoms with Crippen LogP contribution in [0, 0.1) is 19.3 Å². The average molecular weight is 265 g/mol. The molecule has 0 radical (unpaired) electrons. The number of ether oxygens (including phenoxy) is 2. The fourth-order valence-electron chi connectivity index (χ4n) is 1.55. The Morgan fingerprint density at radius 2 is 1.84 bits per heavy atom. The molecule has 0 fully saturated rings. The van der Waals surface area contributed by atoms with Gasteiger partial charge in [-0.05, 0) is 25.0 Å². The van der Waals surface area contributed by atoms with E-state index in [1.807, 2.05) is 46.8 Å². The van der Waals surface area contributed by atoms with Gasteiger partial charge in [-0.25, -0.2) is 0 Å². The standard InChI is InChI=1S/C15H23NO3/c1-10-7-11(2)13(19-9-18-6)8-12(10)16-14(17)15(3,4)5/h7-8H,9H2,1-6H3,(H,16,17). The lowest BCUT2D eigenvalue weighted by Crippen LogP contribution is -2.28. The first-order chi connectivity index (χ1) is 8.75. The number of anilines is 1. The molecule has 0 unspecified atom stereocenters. The van der Waals surface area contributed by atoms with Crippen molar-refractivity contribution in [2.24, 2.45) is 5.41 Å². The Balaban J connectivity index is 2.98. The highest BCUT2D eigenvalue weighted by Crippen LogP contribution is 2.28. The minimum absolute atomic E-state index is 0.0165. The quantitative estimate of drug-likeness (QED) is 0.850. The van der Waals surface area contributed by atoms with Crippen molar-refractivity contribution < 1.29 is 14.3 Å². The molecule has 4 nitrogen and oxygen atoms in total. The molecule has 0 spiro atoms. The fourth-order valence-corrected chi connectivity index (χ4v) is 1.55. The molecule has 0 aliphatic heterocycles. The van der Waals surface area contributed by atoms with Crippen LogP contribution in [0.5, 0.6) is 5.75 Å². The second-order valence-corrected chi connectivity index (χ2v) is 5.69. The van der Waals surface area contributed by atoms with Crippen LogP contribution in [0.3, 0.4) is 0 Å². The molecule has 106 valence electrons. The van der Waals surface area contributed by atoms with E-state index in [0.717, 1.165) is 22.6 Å². The van der Waals surface area contributed by atoms with Crippen molar-refractivity contribution in [1.29, 1.82) is 0 Å². The number of carbonyl (C=O) groups is 1. The normalized spacial score (nSPS) is 11.3. The number of carbonyl (C=O) groups excluding carboxylic acids is 1. The summed E-state index contributed by atoms with van der Waals surface area (Å²) in [7, 11) is 1.58. The topological polar surface area (TPSA) is 47.6 Å². The molecule has 1 N–H and O–H groups in total. The van der Waals surface area contributed by atoms with Crippen LogP contribution in [0.4, 0.5) is 5.69 Å². The number of nitrogens with one attached hydrogen (secondary N) is 1. The van der Waals surface area contributed by atoms with Crippen molar-refractivity contribution in [2.75, 3.05) is 19.2 Å². The molecule has 0 heterocycles. The van der Waals surface area contributed by atoms with Crippen molar-refractivity contribution in [3.8, 4) is 5.75 Å². The lowest BCUT2D eigenvalue weighted by molar-refractivity contribution is -0.123. The summed E-state index contributed by atoms with van der Waals surface area (Å²) in [5.41, 5.74) is 2.38. The smallest absolute Gasteiger partial charge is 0.229 e. The summed E-state index contributed by atoms with van der Waals surface area (Å²) in [6.07, 6.45) is 0. The Kier molecular flexibility index (Phi) is 4.95. The molecule has 0 aliphatic carbocycles. The van der Waals surface area contributed by atoms with E-state index in [1.165, 1.54) is 0 Å². The zero-order valence-electron chi connectivity index (χ0n) is 12.6. The molecule has 0 saturated carbocycles. The van der Waals surface area contributed by atoms with Gasteiger partial charge in [-0.15, -0.1) is 0 Å². The zero-order valence-corrected chi connectivity index (χ0v) is 12.6. The maximum atomic E-state index is 12.0. The van der Waals surface area contributed by atoms with Crippen LogP contribution < -0.4 is 10.1 Å². The number of benzene rings is 1. The highest BCUT2D eigenvalue weighted by Gasteiger charge is 2.22. The number of amides is 1. The first-order valence-electron chi connectivity index (χ1n) is 6.30. The highest BCUT2D eigenvalue weighted by molar-refractivity contribution is 5.95. The first-order valence-corrected chi connectivity index (χ1v) is 6.30. The molecule has 0 aliphatic rings. The van der Waals surface area contributed by atoms with Gasteiger partial charge in [-0.3, -0.25) is 4.79 Å². The summed E-state index contributed by atoms with van der Waals surface area (Å²) in [5, 5.41) is 2.93. The second kappa shape index (κ2) is 6.06. The minimum Gasteiger partial charge on any atom is -0.467 e. The van der Waals surface area contributed by atoms with E-state index in [1.54, 1.807) is 7.11 Å². The van der Waals surface area contributed by atoms with Gasteiger partial charge >= 0.3 is 0 Å². The van der Waals surface area contributed by atoms with Crippen LogP contribution in [0.25, 0.3) is 0 Å². The highest BCUT2D eigenvalue weighted by atomic mass is 16.7. The van der Waals surface area contributed by atoms with Gasteiger partial charge in [0.15, 0.2) is 6.79 Å². The molecule has 0 saturated heterocycles. The van der Waals surface area contributed by atoms with Crippen LogP contribution in [0.15, 0.2) is 12.1 Å². The van der Waals surface area contributed by atoms with Gasteiger partial charge in [0.1, 0.15) is 5.75 Å². The Labute approximate surface area is 115 Å². The van der Waals surface area contributed by atoms with Gasteiger partial charge in [-0.2, -0.15) is 0 Å². The van der Waals surface area contributed by atoms with Gasteiger partial charge in [0.05, 0.1) is 0 Å². The van der Waals surface area contributed by atoms with E-state index < -0.39 is 5.41 Å². The summed E-state index contributed by atoms with van der Waals surface area (Å²) in [4.78, 5) is 12.0. The van der Waals surface area contributed by atoms with Gasteiger partial charge in [0.2, 0.25) is 5.91 Å². The number of rotatable bonds is 4. The number of hydrogen-bond acceptors (Lipinski definition) is 3. The Morgan fingerprint density at radius 1 is 1.21 bits per heavy atom. The lowest BCUT2D eigenvalue weighted by Gasteiger charge is -2.20. The summed E-state index contributed by atoms with van der Waals surface area (Å²) >= 11 is 0. The summed E-state index contributed by atoms with van der Waals surface area (Å²) in [6.45, 7) is 9.77. The second-order valence-electron chi connectivity index (χ2n) is 5.69. The van der Waals surface area contributed by atoms with E-state index in [9.17, 15) is 4.79 Å². The number of methoxy groups -OCH3 is 1. The van der Waals surface area contributed by atoms with Crippen LogP contribution >= 0.6 is 0 Å². The van der Waals surface area contributed by atoms with Gasteiger partial charge in [0.25, 0.3) is 0 Å². The summed E-state index contributed by atoms with van der Waals surface area (Å²) in [5.74, 6) is 0.703. The predicted octanol–water partition coefficient (Wildman–Crippen LogP) is 3.27. The van der Waals surface area contributed by atoms with E-state index in [0.29, 0.717) is 0 Å². The van der Waals surface area contributed by atoms with E-state index in [-0.39, 0.29) is 12.7 Å². The molecule has 0 atom stereocenters. The Bertz CT molecular complexity index is 461.